The number of quaternary nitrogens is 1. The van der Waals surface area contributed by atoms with Crippen LogP contribution in [0, 0.1) is 5.41 Å². The maximum absolute atomic E-state index is 8.71. The summed E-state index contributed by atoms with van der Waals surface area (Å²) in [5.41, 5.74) is 4.58. The predicted octanol–water partition coefficient (Wildman–Crippen LogP) is 4.92. The van der Waals surface area contributed by atoms with Gasteiger partial charge in [-0.3, -0.25) is 5.43 Å². The Morgan fingerprint density at radius 2 is 1.48 bits per heavy atom. The van der Waals surface area contributed by atoms with Crippen LogP contribution in [-0.4, -0.2) is 12.3 Å². The standard InChI is InChI=1S/C21H19Cl2N3S/c22-17-8-6-16(7-9-17)21(24)20(15-4-2-1-3-5-15)14-25-26-27-19-12-10-18(23)11-13-19/h1-13,20,24-26H,14H2/p+1/t20-/m1/s1. The van der Waals surface area contributed by atoms with Gasteiger partial charge < -0.3 is 5.41 Å². The zero-order chi connectivity index (χ0) is 19.1. The fourth-order valence-electron chi connectivity index (χ4n) is 2.71. The van der Waals surface area contributed by atoms with Gasteiger partial charge in [-0.25, -0.2) is 0 Å². The molecule has 0 bridgehead atoms. The van der Waals surface area contributed by atoms with E-state index in [1.807, 2.05) is 72.2 Å². The van der Waals surface area contributed by atoms with Crippen LogP contribution in [0.25, 0.3) is 0 Å². The summed E-state index contributed by atoms with van der Waals surface area (Å²) in [5, 5.41) is 10.1. The van der Waals surface area contributed by atoms with Gasteiger partial charge in [-0.1, -0.05) is 65.7 Å². The van der Waals surface area contributed by atoms with Gasteiger partial charge in [0.1, 0.15) is 6.54 Å². The van der Waals surface area contributed by atoms with E-state index in [9.17, 15) is 0 Å². The molecule has 0 aliphatic rings. The third-order valence-corrected chi connectivity index (χ3v) is 5.43. The smallest absolute Gasteiger partial charge is 0.106 e. The molecule has 4 N–H and O–H groups in total. The molecular formula is C21H20Cl2N3S+. The number of nitrogens with two attached hydrogens (primary N) is 1. The Morgan fingerprint density at radius 3 is 2.11 bits per heavy atom. The molecule has 3 nitrogen and oxygen atoms in total. The second kappa shape index (κ2) is 9.93. The molecule has 0 aromatic heterocycles. The lowest BCUT2D eigenvalue weighted by Crippen LogP contribution is -2.92. The molecule has 3 aromatic carbocycles. The lowest BCUT2D eigenvalue weighted by atomic mass is 9.90. The Bertz CT molecular complexity index is 868. The topological polar surface area (TPSA) is 52.5 Å². The second-order valence-corrected chi connectivity index (χ2v) is 7.78. The Morgan fingerprint density at radius 1 is 0.889 bits per heavy atom. The van der Waals surface area contributed by atoms with Gasteiger partial charge in [-0.2, -0.15) is 0 Å². The average Bonchev–Trinajstić information content (AvgIpc) is 2.70. The molecule has 1 atom stereocenters. The number of halogens is 2. The van der Waals surface area contributed by atoms with E-state index in [-0.39, 0.29) is 5.92 Å². The maximum atomic E-state index is 8.71. The first-order chi connectivity index (χ1) is 13.1. The monoisotopic (exact) mass is 416 g/mol. The fourth-order valence-corrected chi connectivity index (χ4v) is 3.55. The molecule has 138 valence electrons. The van der Waals surface area contributed by atoms with E-state index in [0.29, 0.717) is 17.3 Å². The molecule has 0 heterocycles. The molecule has 0 aliphatic heterocycles. The molecule has 3 aromatic rings. The first-order valence-electron chi connectivity index (χ1n) is 8.52. The van der Waals surface area contributed by atoms with Crippen molar-refractivity contribution >= 4 is 40.9 Å². The molecule has 6 heteroatoms. The first kappa shape index (κ1) is 19.9. The normalized spacial score (nSPS) is 11.9. The van der Waals surface area contributed by atoms with Gasteiger partial charge in [-0.15, -0.1) is 4.83 Å². The largest absolute Gasteiger partial charge is 0.304 e. The Balaban J connectivity index is 1.66. The minimum atomic E-state index is -0.0364. The molecule has 0 radical (unpaired) electrons. The van der Waals surface area contributed by atoms with Crippen LogP contribution in [0.1, 0.15) is 17.0 Å². The van der Waals surface area contributed by atoms with E-state index in [1.54, 1.807) is 0 Å². The Labute approximate surface area is 173 Å². The van der Waals surface area contributed by atoms with E-state index >= 15 is 0 Å². The highest BCUT2D eigenvalue weighted by Gasteiger charge is 2.20. The first-order valence-corrected chi connectivity index (χ1v) is 10.1. The van der Waals surface area contributed by atoms with Gasteiger partial charge >= 0.3 is 0 Å². The summed E-state index contributed by atoms with van der Waals surface area (Å²) in [6, 6.07) is 25.3. The molecule has 0 amide bonds. The van der Waals surface area contributed by atoms with E-state index in [4.69, 9.17) is 28.6 Å². The van der Waals surface area contributed by atoms with Gasteiger partial charge in [0, 0.05) is 26.9 Å². The number of hydrogen-bond donors (Lipinski definition) is 3. The van der Waals surface area contributed by atoms with Crippen molar-refractivity contribution < 1.29 is 5.43 Å². The molecule has 0 unspecified atom stereocenters. The lowest BCUT2D eigenvalue weighted by molar-refractivity contribution is -0.689. The molecule has 3 rings (SSSR count). The summed E-state index contributed by atoms with van der Waals surface area (Å²) in [4.78, 5) is 4.35. The molecule has 0 saturated carbocycles. The minimum absolute atomic E-state index is 0.0364. The molecule has 27 heavy (non-hydrogen) atoms. The minimum Gasteiger partial charge on any atom is -0.304 e. The highest BCUT2D eigenvalue weighted by atomic mass is 35.5. The SMILES string of the molecule is N=C(c1ccc(Cl)cc1)[C@H](C[NH2+]NSc1ccc(Cl)cc1)c1ccccc1. The Kier molecular flexibility index (Phi) is 7.33. The number of benzene rings is 3. The van der Waals surface area contributed by atoms with Crippen LogP contribution in [-0.2, 0) is 0 Å². The summed E-state index contributed by atoms with van der Waals surface area (Å²) in [6.07, 6.45) is 0. The fraction of sp³-hybridized carbons (Fsp3) is 0.0952. The van der Waals surface area contributed by atoms with E-state index in [0.717, 1.165) is 21.0 Å². The Hall–Kier alpha value is -1.82. The second-order valence-electron chi connectivity index (χ2n) is 6.00. The summed E-state index contributed by atoms with van der Waals surface area (Å²) >= 11 is 13.4. The number of hydrogen-bond acceptors (Lipinski definition) is 3. The van der Waals surface area contributed by atoms with Crippen molar-refractivity contribution in [1.29, 1.82) is 5.41 Å². The van der Waals surface area contributed by atoms with E-state index in [1.165, 1.54) is 11.9 Å². The van der Waals surface area contributed by atoms with Gasteiger partial charge in [-0.05, 0) is 47.5 Å². The van der Waals surface area contributed by atoms with Gasteiger partial charge in [0.25, 0.3) is 0 Å². The molecule has 0 spiro atoms. The van der Waals surface area contributed by atoms with E-state index < -0.39 is 0 Å². The van der Waals surface area contributed by atoms with Crippen LogP contribution < -0.4 is 10.3 Å². The van der Waals surface area contributed by atoms with Crippen molar-refractivity contribution in [2.24, 2.45) is 0 Å². The molecule has 0 saturated heterocycles. The molecule has 0 fully saturated rings. The van der Waals surface area contributed by atoms with Crippen molar-refractivity contribution in [2.75, 3.05) is 6.54 Å². The van der Waals surface area contributed by atoms with Crippen molar-refractivity contribution in [3.05, 3.63) is 100 Å². The highest BCUT2D eigenvalue weighted by Crippen LogP contribution is 2.21. The van der Waals surface area contributed by atoms with Crippen LogP contribution in [0.15, 0.2) is 83.8 Å². The van der Waals surface area contributed by atoms with Crippen LogP contribution in [0.2, 0.25) is 10.0 Å². The summed E-state index contributed by atoms with van der Waals surface area (Å²) in [6.45, 7) is 0.700. The van der Waals surface area contributed by atoms with Crippen LogP contribution >= 0.6 is 35.1 Å². The predicted molar refractivity (Wildman–Crippen MR) is 115 cm³/mol. The number of rotatable bonds is 8. The molecule has 0 aliphatic carbocycles. The quantitative estimate of drug-likeness (QED) is 0.160. The van der Waals surface area contributed by atoms with Crippen LogP contribution in [0.3, 0.4) is 0 Å². The van der Waals surface area contributed by atoms with Crippen molar-refractivity contribution in [2.45, 2.75) is 10.8 Å². The van der Waals surface area contributed by atoms with Gasteiger partial charge in [0.15, 0.2) is 0 Å². The van der Waals surface area contributed by atoms with Gasteiger partial charge in [0.05, 0.1) is 11.6 Å². The lowest BCUT2D eigenvalue weighted by Gasteiger charge is -2.17. The van der Waals surface area contributed by atoms with Crippen LogP contribution in [0.5, 0.6) is 0 Å². The third kappa shape index (κ3) is 5.83. The van der Waals surface area contributed by atoms with Crippen molar-refractivity contribution in [3.8, 4) is 0 Å². The number of nitrogens with one attached hydrogen (secondary N) is 2. The average molecular weight is 417 g/mol. The zero-order valence-electron chi connectivity index (χ0n) is 14.5. The van der Waals surface area contributed by atoms with Crippen molar-refractivity contribution in [3.63, 3.8) is 0 Å². The molecular weight excluding hydrogens is 397 g/mol. The third-order valence-electron chi connectivity index (χ3n) is 4.13. The van der Waals surface area contributed by atoms with Gasteiger partial charge in [0.2, 0.25) is 0 Å². The van der Waals surface area contributed by atoms with Crippen LogP contribution in [0.4, 0.5) is 0 Å². The summed E-state index contributed by atoms with van der Waals surface area (Å²) in [7, 11) is 0. The van der Waals surface area contributed by atoms with E-state index in [2.05, 4.69) is 17.0 Å². The van der Waals surface area contributed by atoms with Crippen molar-refractivity contribution in [1.82, 2.24) is 4.83 Å². The maximum Gasteiger partial charge on any atom is 0.106 e. The summed E-state index contributed by atoms with van der Waals surface area (Å²) < 4.78 is 0. The summed E-state index contributed by atoms with van der Waals surface area (Å²) in [5.74, 6) is -0.0364. The zero-order valence-corrected chi connectivity index (χ0v) is 16.9. The highest BCUT2D eigenvalue weighted by molar-refractivity contribution is 7.97.